The number of nitrogens with two attached hydrogens (primary N) is 1. The molecular weight excluding hydrogens is 158 g/mol. The second kappa shape index (κ2) is 4.42. The molecule has 2 N–H and O–H groups in total. The lowest BCUT2D eigenvalue weighted by Gasteiger charge is -2.25. The molecule has 0 radical (unpaired) electrons. The molecule has 1 fully saturated rings. The van der Waals surface area contributed by atoms with Crippen molar-refractivity contribution in [1.29, 1.82) is 0 Å². The van der Waals surface area contributed by atoms with Crippen LogP contribution in [-0.2, 0) is 14.3 Å². The van der Waals surface area contributed by atoms with Gasteiger partial charge in [0.15, 0.2) is 0 Å². The highest BCUT2D eigenvalue weighted by Gasteiger charge is 2.22. The minimum atomic E-state index is -0.201. The van der Waals surface area contributed by atoms with Crippen molar-refractivity contribution in [3.05, 3.63) is 0 Å². The minimum Gasteiger partial charge on any atom is -0.469 e. The fraction of sp³-hybridized carbons (Fsp3) is 0.875. The second-order valence-electron chi connectivity index (χ2n) is 3.08. The molecule has 1 aliphatic rings. The predicted molar refractivity (Wildman–Crippen MR) is 43.3 cm³/mol. The first-order valence-electron chi connectivity index (χ1n) is 4.16. The quantitative estimate of drug-likeness (QED) is 0.608. The van der Waals surface area contributed by atoms with E-state index in [9.17, 15) is 4.79 Å². The van der Waals surface area contributed by atoms with Crippen LogP contribution in [0.15, 0.2) is 0 Å². The lowest BCUT2D eigenvalue weighted by molar-refractivity contribution is -0.142. The zero-order valence-corrected chi connectivity index (χ0v) is 7.29. The number of hydrogen-bond acceptors (Lipinski definition) is 4. The standard InChI is InChI=1S/C8H15NO3/c1-11-8(10)5-6-2-3-12-7(9)4-6/h6-7H,2-5,9H2,1H3. The third-order valence-corrected chi connectivity index (χ3v) is 2.11. The summed E-state index contributed by atoms with van der Waals surface area (Å²) in [6.07, 6.45) is 1.93. The van der Waals surface area contributed by atoms with Crippen molar-refractivity contribution >= 4 is 5.97 Å². The monoisotopic (exact) mass is 173 g/mol. The highest BCUT2D eigenvalue weighted by Crippen LogP contribution is 2.20. The van der Waals surface area contributed by atoms with Gasteiger partial charge < -0.3 is 15.2 Å². The van der Waals surface area contributed by atoms with Crippen LogP contribution in [0, 0.1) is 5.92 Å². The Hall–Kier alpha value is -0.610. The topological polar surface area (TPSA) is 61.5 Å². The van der Waals surface area contributed by atoms with Gasteiger partial charge in [0.2, 0.25) is 0 Å². The average Bonchev–Trinajstić information content (AvgIpc) is 2.04. The number of hydrogen-bond donors (Lipinski definition) is 1. The molecule has 70 valence electrons. The molecule has 1 heterocycles. The van der Waals surface area contributed by atoms with Crippen LogP contribution in [0.1, 0.15) is 19.3 Å². The third kappa shape index (κ3) is 2.79. The van der Waals surface area contributed by atoms with E-state index in [-0.39, 0.29) is 12.2 Å². The summed E-state index contributed by atoms with van der Waals surface area (Å²) < 4.78 is 9.72. The summed E-state index contributed by atoms with van der Waals surface area (Å²) in [5.74, 6) is 0.176. The first kappa shape index (κ1) is 9.48. The van der Waals surface area contributed by atoms with Gasteiger partial charge in [-0.2, -0.15) is 0 Å². The van der Waals surface area contributed by atoms with Crippen LogP contribution < -0.4 is 5.73 Å². The molecule has 0 aromatic rings. The van der Waals surface area contributed by atoms with E-state index < -0.39 is 0 Å². The van der Waals surface area contributed by atoms with E-state index in [0.29, 0.717) is 18.9 Å². The van der Waals surface area contributed by atoms with Gasteiger partial charge >= 0.3 is 5.97 Å². The maximum absolute atomic E-state index is 10.9. The lowest BCUT2D eigenvalue weighted by Crippen LogP contribution is -2.33. The van der Waals surface area contributed by atoms with Crippen molar-refractivity contribution in [2.45, 2.75) is 25.5 Å². The summed E-state index contributed by atoms with van der Waals surface area (Å²) in [5, 5.41) is 0. The number of esters is 1. The van der Waals surface area contributed by atoms with E-state index in [4.69, 9.17) is 10.5 Å². The SMILES string of the molecule is COC(=O)CC1CCOC(N)C1. The van der Waals surface area contributed by atoms with Gasteiger partial charge in [-0.25, -0.2) is 0 Å². The fourth-order valence-corrected chi connectivity index (χ4v) is 1.40. The van der Waals surface area contributed by atoms with Crippen molar-refractivity contribution < 1.29 is 14.3 Å². The Morgan fingerprint density at radius 1 is 1.75 bits per heavy atom. The average molecular weight is 173 g/mol. The van der Waals surface area contributed by atoms with Crippen molar-refractivity contribution in [1.82, 2.24) is 0 Å². The molecule has 0 saturated carbocycles. The van der Waals surface area contributed by atoms with E-state index in [2.05, 4.69) is 4.74 Å². The highest BCUT2D eigenvalue weighted by molar-refractivity contribution is 5.69. The minimum absolute atomic E-state index is 0.158. The first-order chi connectivity index (χ1) is 5.72. The molecule has 0 spiro atoms. The van der Waals surface area contributed by atoms with Gasteiger partial charge in [0, 0.05) is 13.0 Å². The first-order valence-corrected chi connectivity index (χ1v) is 4.16. The molecule has 0 aromatic heterocycles. The van der Waals surface area contributed by atoms with Gasteiger partial charge in [0.25, 0.3) is 0 Å². The van der Waals surface area contributed by atoms with Crippen LogP contribution in [0.25, 0.3) is 0 Å². The molecule has 1 saturated heterocycles. The Bertz CT molecular complexity index is 160. The van der Waals surface area contributed by atoms with E-state index in [1.807, 2.05) is 0 Å². The summed E-state index contributed by atoms with van der Waals surface area (Å²) in [4.78, 5) is 10.9. The summed E-state index contributed by atoms with van der Waals surface area (Å²) in [7, 11) is 1.40. The van der Waals surface area contributed by atoms with Gasteiger partial charge in [-0.05, 0) is 18.8 Å². The normalized spacial score (nSPS) is 29.8. The van der Waals surface area contributed by atoms with Crippen LogP contribution in [0.5, 0.6) is 0 Å². The highest BCUT2D eigenvalue weighted by atomic mass is 16.5. The Labute approximate surface area is 72.0 Å². The number of rotatable bonds is 2. The molecule has 12 heavy (non-hydrogen) atoms. The molecular formula is C8H15NO3. The maximum Gasteiger partial charge on any atom is 0.305 e. The molecule has 1 aliphatic heterocycles. The predicted octanol–water partition coefficient (Wildman–Crippen LogP) is 0.261. The van der Waals surface area contributed by atoms with Crippen molar-refractivity contribution in [2.75, 3.05) is 13.7 Å². The summed E-state index contributed by atoms with van der Waals surface area (Å²) in [6.45, 7) is 0.656. The smallest absolute Gasteiger partial charge is 0.305 e. The Kier molecular flexibility index (Phi) is 3.49. The lowest BCUT2D eigenvalue weighted by atomic mass is 9.95. The third-order valence-electron chi connectivity index (χ3n) is 2.11. The molecule has 2 unspecified atom stereocenters. The second-order valence-corrected chi connectivity index (χ2v) is 3.08. The molecule has 1 rings (SSSR count). The summed E-state index contributed by atoms with van der Waals surface area (Å²) in [6, 6.07) is 0. The molecule has 0 aromatic carbocycles. The van der Waals surface area contributed by atoms with Crippen LogP contribution in [-0.4, -0.2) is 25.9 Å². The van der Waals surface area contributed by atoms with E-state index >= 15 is 0 Å². The van der Waals surface area contributed by atoms with Gasteiger partial charge in [-0.15, -0.1) is 0 Å². The van der Waals surface area contributed by atoms with Gasteiger partial charge in [-0.3, -0.25) is 4.79 Å². The Morgan fingerprint density at radius 2 is 2.50 bits per heavy atom. The largest absolute Gasteiger partial charge is 0.469 e. The van der Waals surface area contributed by atoms with Crippen LogP contribution in [0.4, 0.5) is 0 Å². The zero-order valence-electron chi connectivity index (χ0n) is 7.29. The van der Waals surface area contributed by atoms with E-state index in [1.165, 1.54) is 7.11 Å². The van der Waals surface area contributed by atoms with Crippen molar-refractivity contribution in [3.63, 3.8) is 0 Å². The summed E-state index contributed by atoms with van der Waals surface area (Å²) in [5.41, 5.74) is 5.57. The number of methoxy groups -OCH3 is 1. The van der Waals surface area contributed by atoms with Crippen LogP contribution in [0.3, 0.4) is 0 Å². The Morgan fingerprint density at radius 3 is 3.08 bits per heavy atom. The maximum atomic E-state index is 10.9. The van der Waals surface area contributed by atoms with E-state index in [0.717, 1.165) is 12.8 Å². The zero-order chi connectivity index (χ0) is 8.97. The number of carbonyl (C=O) groups excluding carboxylic acids is 1. The molecule has 4 heteroatoms. The van der Waals surface area contributed by atoms with Gasteiger partial charge in [0.1, 0.15) is 6.23 Å². The molecule has 0 aliphatic carbocycles. The molecule has 0 amide bonds. The number of ether oxygens (including phenoxy) is 2. The molecule has 2 atom stereocenters. The van der Waals surface area contributed by atoms with Gasteiger partial charge in [-0.1, -0.05) is 0 Å². The summed E-state index contributed by atoms with van der Waals surface area (Å²) >= 11 is 0. The van der Waals surface area contributed by atoms with E-state index in [1.54, 1.807) is 0 Å². The molecule has 4 nitrogen and oxygen atoms in total. The Balaban J connectivity index is 2.27. The number of carbonyl (C=O) groups is 1. The van der Waals surface area contributed by atoms with Crippen LogP contribution >= 0.6 is 0 Å². The fourth-order valence-electron chi connectivity index (χ4n) is 1.40. The van der Waals surface area contributed by atoms with Crippen LogP contribution in [0.2, 0.25) is 0 Å². The molecule has 0 bridgehead atoms. The van der Waals surface area contributed by atoms with Crippen molar-refractivity contribution in [2.24, 2.45) is 11.7 Å². The van der Waals surface area contributed by atoms with Crippen molar-refractivity contribution in [3.8, 4) is 0 Å². The van der Waals surface area contributed by atoms with Gasteiger partial charge in [0.05, 0.1) is 7.11 Å².